The fourth-order valence-electron chi connectivity index (χ4n) is 6.21. The minimum Gasteiger partial charge on any atom is -0.443 e. The number of aryl methyl sites for hydroxylation is 1. The molecule has 34 heavy (non-hydrogen) atoms. The fourth-order valence-corrected chi connectivity index (χ4v) is 6.21. The van der Waals surface area contributed by atoms with Gasteiger partial charge in [0.15, 0.2) is 5.60 Å². The highest BCUT2D eigenvalue weighted by atomic mass is 16.6. The van der Waals surface area contributed by atoms with Crippen molar-refractivity contribution in [1.29, 1.82) is 0 Å². The molecule has 5 rings (SSSR count). The van der Waals surface area contributed by atoms with E-state index in [1.807, 2.05) is 12.1 Å². The topological polar surface area (TPSA) is 45.7 Å². The number of carbonyl (C=O) groups is 1. The van der Waals surface area contributed by atoms with Gasteiger partial charge in [-0.1, -0.05) is 24.3 Å². The molecule has 176 valence electrons. The number of para-hydroxylation sites is 1. The van der Waals surface area contributed by atoms with Crippen LogP contribution in [0.4, 0.5) is 11.4 Å². The van der Waals surface area contributed by atoms with Crippen LogP contribution in [0.3, 0.4) is 0 Å². The molecule has 5 nitrogen and oxygen atoms in total. The minimum atomic E-state index is -0.987. The van der Waals surface area contributed by atoms with Gasteiger partial charge in [0.2, 0.25) is 0 Å². The van der Waals surface area contributed by atoms with Gasteiger partial charge in [0.1, 0.15) is 5.69 Å². The minimum absolute atomic E-state index is 0.0817. The smallest absolute Gasteiger partial charge is 0.341 e. The van der Waals surface area contributed by atoms with Crippen molar-refractivity contribution in [2.45, 2.75) is 52.2 Å². The maximum absolute atomic E-state index is 13.3. The molecule has 2 aliphatic rings. The Labute approximate surface area is 202 Å². The molecule has 3 aromatic rings. The summed E-state index contributed by atoms with van der Waals surface area (Å²) in [5.74, 6) is -0.378. The Balaban J connectivity index is 1.78. The molecule has 3 atom stereocenters. The van der Waals surface area contributed by atoms with Crippen molar-refractivity contribution in [3.8, 4) is 0 Å². The van der Waals surface area contributed by atoms with Gasteiger partial charge in [-0.3, -0.25) is 4.98 Å². The molecular weight excluding hydrogens is 422 g/mol. The van der Waals surface area contributed by atoms with Gasteiger partial charge >= 0.3 is 5.97 Å². The summed E-state index contributed by atoms with van der Waals surface area (Å²) < 4.78 is 6.50. The first-order valence-electron chi connectivity index (χ1n) is 12.4. The van der Waals surface area contributed by atoms with E-state index >= 15 is 0 Å². The van der Waals surface area contributed by atoms with E-state index in [0.717, 1.165) is 36.5 Å². The maximum Gasteiger partial charge on any atom is 0.341 e. The van der Waals surface area contributed by atoms with E-state index in [4.69, 9.17) is 9.72 Å². The summed E-state index contributed by atoms with van der Waals surface area (Å²) in [6.45, 7) is 13.7. The zero-order valence-corrected chi connectivity index (χ0v) is 20.7. The predicted molar refractivity (Wildman–Crippen MR) is 137 cm³/mol. The second-order valence-electron chi connectivity index (χ2n) is 9.26. The zero-order valence-electron chi connectivity index (χ0n) is 20.7. The third-order valence-electron chi connectivity index (χ3n) is 7.71. The number of carbonyl (C=O) groups excluding carboxylic acids is 1. The van der Waals surface area contributed by atoms with Gasteiger partial charge in [-0.2, -0.15) is 0 Å². The molecule has 0 fully saturated rings. The molecule has 0 amide bonds. The van der Waals surface area contributed by atoms with Crippen molar-refractivity contribution in [2.24, 2.45) is 0 Å². The third kappa shape index (κ3) is 3.06. The van der Waals surface area contributed by atoms with E-state index in [9.17, 15) is 4.79 Å². The number of ether oxygens (including phenoxy) is 1. The number of rotatable bonds is 6. The van der Waals surface area contributed by atoms with Crippen molar-refractivity contribution in [1.82, 2.24) is 4.98 Å². The summed E-state index contributed by atoms with van der Waals surface area (Å²) >= 11 is 0. The molecule has 2 aliphatic heterocycles. The average Bonchev–Trinajstić information content (AvgIpc) is 3.31. The van der Waals surface area contributed by atoms with Crippen LogP contribution in [-0.2, 0) is 10.3 Å². The van der Waals surface area contributed by atoms with Gasteiger partial charge in [0, 0.05) is 48.8 Å². The molecule has 5 heteroatoms. The zero-order chi connectivity index (χ0) is 24.0. The normalized spacial score (nSPS) is 23.0. The van der Waals surface area contributed by atoms with Gasteiger partial charge in [-0.15, -0.1) is 0 Å². The van der Waals surface area contributed by atoms with E-state index in [-0.39, 0.29) is 17.9 Å². The molecule has 3 unspecified atom stereocenters. The van der Waals surface area contributed by atoms with Gasteiger partial charge in [0.25, 0.3) is 0 Å². The lowest BCUT2D eigenvalue weighted by Gasteiger charge is -2.39. The monoisotopic (exact) mass is 455 g/mol. The number of cyclic esters (lactones) is 1. The first-order chi connectivity index (χ1) is 16.5. The second kappa shape index (κ2) is 8.46. The molecule has 2 aromatic carbocycles. The van der Waals surface area contributed by atoms with Crippen LogP contribution in [-0.4, -0.2) is 36.6 Å². The van der Waals surface area contributed by atoms with Crippen LogP contribution in [0.5, 0.6) is 0 Å². The van der Waals surface area contributed by atoms with Crippen LogP contribution < -0.4 is 9.80 Å². The standard InChI is InChI=1S/C29H33N3O2/c1-6-31(7-2)21-15-16-24(19(4)18-21)29(27-23(28(33)34-29)13-11-17-30-27)26-20(5)32(8-3)25-14-10-9-12-22(25)26/h9-18,20,26H,6-8H2,1-5H3. The Bertz CT molecular complexity index is 1240. The van der Waals surface area contributed by atoms with E-state index in [2.05, 4.69) is 86.9 Å². The van der Waals surface area contributed by atoms with Crippen molar-refractivity contribution < 1.29 is 9.53 Å². The Kier molecular flexibility index (Phi) is 5.59. The van der Waals surface area contributed by atoms with Crippen LogP contribution in [0.1, 0.15) is 66.4 Å². The van der Waals surface area contributed by atoms with E-state index in [0.29, 0.717) is 5.56 Å². The van der Waals surface area contributed by atoms with Crippen LogP contribution >= 0.6 is 0 Å². The lowest BCUT2D eigenvalue weighted by Crippen LogP contribution is -2.44. The number of benzene rings is 2. The largest absolute Gasteiger partial charge is 0.443 e. The van der Waals surface area contributed by atoms with Gasteiger partial charge < -0.3 is 14.5 Å². The number of anilines is 2. The molecule has 0 saturated heterocycles. The lowest BCUT2D eigenvalue weighted by molar-refractivity contribution is -0.00528. The summed E-state index contributed by atoms with van der Waals surface area (Å²) in [7, 11) is 0. The number of esters is 1. The number of fused-ring (bicyclic) bond motifs is 2. The molecule has 1 aromatic heterocycles. The van der Waals surface area contributed by atoms with Gasteiger partial charge in [-0.05, 0) is 76.1 Å². The summed E-state index contributed by atoms with van der Waals surface area (Å²) in [4.78, 5) is 22.8. The maximum atomic E-state index is 13.3. The van der Waals surface area contributed by atoms with Crippen molar-refractivity contribution >= 4 is 17.3 Å². The Morgan fingerprint density at radius 2 is 1.82 bits per heavy atom. The lowest BCUT2D eigenvalue weighted by atomic mass is 9.71. The molecule has 0 saturated carbocycles. The number of likely N-dealkylation sites (N-methyl/N-ethyl adjacent to an activating group) is 1. The van der Waals surface area contributed by atoms with Crippen LogP contribution in [0.25, 0.3) is 0 Å². The Hall–Kier alpha value is -3.34. The molecule has 0 radical (unpaired) electrons. The van der Waals surface area contributed by atoms with Crippen LogP contribution in [0.2, 0.25) is 0 Å². The van der Waals surface area contributed by atoms with E-state index < -0.39 is 5.60 Å². The highest BCUT2D eigenvalue weighted by Gasteiger charge is 2.59. The SMILES string of the molecule is CCN(CC)c1ccc(C2(C3c4ccccc4N(CC)C3C)OC(=O)c3cccnc32)c(C)c1. The summed E-state index contributed by atoms with van der Waals surface area (Å²) in [6.07, 6.45) is 1.78. The summed E-state index contributed by atoms with van der Waals surface area (Å²) in [5.41, 5.74) is 6.02. The van der Waals surface area contributed by atoms with Crippen LogP contribution in [0.15, 0.2) is 60.8 Å². The molecular formula is C29H33N3O2. The van der Waals surface area contributed by atoms with Crippen molar-refractivity contribution in [3.63, 3.8) is 0 Å². The number of aromatic nitrogens is 1. The van der Waals surface area contributed by atoms with Gasteiger partial charge in [-0.25, -0.2) is 4.79 Å². The molecule has 0 aliphatic carbocycles. The van der Waals surface area contributed by atoms with Crippen LogP contribution in [0, 0.1) is 6.92 Å². The quantitative estimate of drug-likeness (QED) is 0.449. The Morgan fingerprint density at radius 3 is 2.53 bits per heavy atom. The highest BCUT2D eigenvalue weighted by Crippen LogP contribution is 2.57. The number of hydrogen-bond donors (Lipinski definition) is 0. The molecule has 0 N–H and O–H groups in total. The van der Waals surface area contributed by atoms with Crippen molar-refractivity contribution in [2.75, 3.05) is 29.4 Å². The average molecular weight is 456 g/mol. The molecule has 0 bridgehead atoms. The van der Waals surface area contributed by atoms with Gasteiger partial charge in [0.05, 0.1) is 11.5 Å². The highest BCUT2D eigenvalue weighted by molar-refractivity contribution is 5.95. The Morgan fingerprint density at radius 1 is 1.06 bits per heavy atom. The number of pyridine rings is 1. The first-order valence-corrected chi connectivity index (χ1v) is 12.4. The fraction of sp³-hybridized carbons (Fsp3) is 0.379. The summed E-state index contributed by atoms with van der Waals surface area (Å²) in [6, 6.07) is 18.9. The first kappa shape index (κ1) is 22.5. The molecule has 0 spiro atoms. The third-order valence-corrected chi connectivity index (χ3v) is 7.71. The van der Waals surface area contributed by atoms with Crippen molar-refractivity contribution in [3.05, 3.63) is 88.7 Å². The summed E-state index contributed by atoms with van der Waals surface area (Å²) in [5, 5.41) is 0. The number of nitrogens with zero attached hydrogens (tertiary/aromatic N) is 3. The number of hydrogen-bond acceptors (Lipinski definition) is 5. The second-order valence-corrected chi connectivity index (χ2v) is 9.26. The predicted octanol–water partition coefficient (Wildman–Crippen LogP) is 5.66. The van der Waals surface area contributed by atoms with E-state index in [1.54, 1.807) is 6.20 Å². The van der Waals surface area contributed by atoms with E-state index in [1.165, 1.54) is 16.9 Å². The molecule has 3 heterocycles.